The minimum atomic E-state index is 0.653. The van der Waals surface area contributed by atoms with Gasteiger partial charge in [0, 0.05) is 0 Å². The second-order valence-corrected chi connectivity index (χ2v) is 4.12. The van der Waals surface area contributed by atoms with E-state index in [0.29, 0.717) is 10.0 Å². The lowest BCUT2D eigenvalue weighted by Crippen LogP contribution is -2.08. The molecule has 1 fully saturated rings. The minimum absolute atomic E-state index is 0.653. The van der Waals surface area contributed by atoms with Gasteiger partial charge < -0.3 is 0 Å². The van der Waals surface area contributed by atoms with Crippen molar-refractivity contribution in [3.63, 3.8) is 0 Å². The molecule has 1 aliphatic rings. The molecule has 0 heterocycles. The Balaban J connectivity index is 2.27. The molecule has 1 aromatic rings. The van der Waals surface area contributed by atoms with Crippen LogP contribution in [-0.2, 0) is 0 Å². The molecule has 1 aliphatic carbocycles. The van der Waals surface area contributed by atoms with E-state index >= 15 is 0 Å². The van der Waals surface area contributed by atoms with Gasteiger partial charge in [0.1, 0.15) is 0 Å². The van der Waals surface area contributed by atoms with Gasteiger partial charge in [0.25, 0.3) is 0 Å². The number of rotatable bonds is 1. The smallest absolute Gasteiger partial charge is 0.0595 e. The first-order valence-electron chi connectivity index (χ1n) is 4.22. The van der Waals surface area contributed by atoms with Crippen LogP contribution in [0.4, 0.5) is 0 Å². The van der Waals surface area contributed by atoms with Crippen LogP contribution in [0.1, 0.15) is 30.7 Å². The molecular weight excluding hydrogens is 191 g/mol. The Kier molecular flexibility index (Phi) is 2.29. The first-order chi connectivity index (χ1) is 5.77. The monoisotopic (exact) mass is 200 g/mol. The van der Waals surface area contributed by atoms with E-state index in [1.165, 1.54) is 24.8 Å². The van der Waals surface area contributed by atoms with Crippen LogP contribution in [0, 0.1) is 0 Å². The van der Waals surface area contributed by atoms with Crippen molar-refractivity contribution in [3.8, 4) is 0 Å². The maximum absolute atomic E-state index is 5.91. The SMILES string of the molecule is Clc1ccc(C2CCC2)cc1Cl. The molecule has 0 aromatic heterocycles. The van der Waals surface area contributed by atoms with Crippen molar-refractivity contribution in [1.29, 1.82) is 0 Å². The first kappa shape index (κ1) is 8.40. The van der Waals surface area contributed by atoms with Crippen LogP contribution >= 0.6 is 23.2 Å². The predicted octanol–water partition coefficient (Wildman–Crippen LogP) is 4.26. The summed E-state index contributed by atoms with van der Waals surface area (Å²) in [6, 6.07) is 5.96. The Morgan fingerprint density at radius 1 is 1.08 bits per heavy atom. The van der Waals surface area contributed by atoms with Crippen LogP contribution in [0.2, 0.25) is 10.0 Å². The lowest BCUT2D eigenvalue weighted by atomic mass is 9.80. The minimum Gasteiger partial charge on any atom is -0.0827 e. The van der Waals surface area contributed by atoms with Gasteiger partial charge in [-0.2, -0.15) is 0 Å². The molecular formula is C10H10Cl2. The third-order valence-electron chi connectivity index (χ3n) is 2.52. The van der Waals surface area contributed by atoms with Crippen molar-refractivity contribution in [2.24, 2.45) is 0 Å². The lowest BCUT2D eigenvalue weighted by molar-refractivity contribution is 0.420. The van der Waals surface area contributed by atoms with E-state index in [4.69, 9.17) is 23.2 Å². The second-order valence-electron chi connectivity index (χ2n) is 3.30. The fourth-order valence-corrected chi connectivity index (χ4v) is 1.81. The molecule has 2 rings (SSSR count). The largest absolute Gasteiger partial charge is 0.0827 e. The molecule has 12 heavy (non-hydrogen) atoms. The molecule has 0 radical (unpaired) electrons. The van der Waals surface area contributed by atoms with Gasteiger partial charge in [0.2, 0.25) is 0 Å². The summed E-state index contributed by atoms with van der Waals surface area (Å²) in [5.41, 5.74) is 1.34. The Morgan fingerprint density at radius 3 is 2.33 bits per heavy atom. The molecule has 0 N–H and O–H groups in total. The summed E-state index contributed by atoms with van der Waals surface area (Å²) in [7, 11) is 0. The highest BCUT2D eigenvalue weighted by molar-refractivity contribution is 6.42. The van der Waals surface area contributed by atoms with Crippen LogP contribution in [0.3, 0.4) is 0 Å². The van der Waals surface area contributed by atoms with Crippen molar-refractivity contribution in [1.82, 2.24) is 0 Å². The maximum Gasteiger partial charge on any atom is 0.0595 e. The van der Waals surface area contributed by atoms with Crippen molar-refractivity contribution in [2.45, 2.75) is 25.2 Å². The van der Waals surface area contributed by atoms with Crippen molar-refractivity contribution in [2.75, 3.05) is 0 Å². The second kappa shape index (κ2) is 3.27. The molecule has 0 aliphatic heterocycles. The van der Waals surface area contributed by atoms with E-state index in [2.05, 4.69) is 6.07 Å². The number of halogens is 2. The summed E-state index contributed by atoms with van der Waals surface area (Å²) in [6.07, 6.45) is 3.96. The molecule has 0 unspecified atom stereocenters. The van der Waals surface area contributed by atoms with E-state index < -0.39 is 0 Å². The molecule has 0 spiro atoms. The summed E-state index contributed by atoms with van der Waals surface area (Å²) >= 11 is 11.7. The van der Waals surface area contributed by atoms with E-state index in [-0.39, 0.29) is 0 Å². The summed E-state index contributed by atoms with van der Waals surface area (Å²) in [5.74, 6) is 0.736. The fourth-order valence-electron chi connectivity index (χ4n) is 1.51. The zero-order chi connectivity index (χ0) is 8.55. The van der Waals surface area contributed by atoms with E-state index in [9.17, 15) is 0 Å². The average Bonchev–Trinajstić information content (AvgIpc) is 1.93. The van der Waals surface area contributed by atoms with Crippen LogP contribution in [0.25, 0.3) is 0 Å². The van der Waals surface area contributed by atoms with E-state index in [0.717, 1.165) is 5.92 Å². The van der Waals surface area contributed by atoms with Gasteiger partial charge in [0.15, 0.2) is 0 Å². The Bertz CT molecular complexity index is 290. The molecule has 2 heteroatoms. The normalized spacial score (nSPS) is 17.5. The van der Waals surface area contributed by atoms with E-state index in [1.807, 2.05) is 12.1 Å². The highest BCUT2D eigenvalue weighted by Gasteiger charge is 2.19. The summed E-state index contributed by atoms with van der Waals surface area (Å²) in [4.78, 5) is 0. The molecule has 1 aromatic carbocycles. The highest BCUT2D eigenvalue weighted by Crippen LogP contribution is 2.38. The third kappa shape index (κ3) is 1.46. The van der Waals surface area contributed by atoms with Gasteiger partial charge >= 0.3 is 0 Å². The van der Waals surface area contributed by atoms with Crippen LogP contribution < -0.4 is 0 Å². The number of hydrogen-bond donors (Lipinski definition) is 0. The molecule has 0 amide bonds. The molecule has 64 valence electrons. The Labute approximate surface area is 82.5 Å². The molecule has 0 nitrogen and oxygen atoms in total. The van der Waals surface area contributed by atoms with Gasteiger partial charge in [-0.3, -0.25) is 0 Å². The summed E-state index contributed by atoms with van der Waals surface area (Å²) in [5, 5.41) is 1.33. The highest BCUT2D eigenvalue weighted by atomic mass is 35.5. The zero-order valence-corrected chi connectivity index (χ0v) is 8.20. The molecule has 0 saturated heterocycles. The van der Waals surface area contributed by atoms with Gasteiger partial charge in [-0.1, -0.05) is 35.7 Å². The van der Waals surface area contributed by atoms with E-state index in [1.54, 1.807) is 0 Å². The maximum atomic E-state index is 5.91. The average molecular weight is 201 g/mol. The topological polar surface area (TPSA) is 0 Å². The van der Waals surface area contributed by atoms with Crippen molar-refractivity contribution >= 4 is 23.2 Å². The first-order valence-corrected chi connectivity index (χ1v) is 4.98. The molecule has 0 bridgehead atoms. The molecule has 1 saturated carbocycles. The summed E-state index contributed by atoms with van der Waals surface area (Å²) in [6.45, 7) is 0. The molecule has 0 atom stereocenters. The Hall–Kier alpha value is -0.200. The lowest BCUT2D eigenvalue weighted by Gasteiger charge is -2.25. The zero-order valence-electron chi connectivity index (χ0n) is 6.69. The van der Waals surface area contributed by atoms with Gasteiger partial charge in [0.05, 0.1) is 10.0 Å². The fraction of sp³-hybridized carbons (Fsp3) is 0.400. The Morgan fingerprint density at radius 2 is 1.83 bits per heavy atom. The van der Waals surface area contributed by atoms with Crippen LogP contribution in [0.5, 0.6) is 0 Å². The predicted molar refractivity (Wildman–Crippen MR) is 53.1 cm³/mol. The van der Waals surface area contributed by atoms with Gasteiger partial charge in [-0.05, 0) is 36.5 Å². The van der Waals surface area contributed by atoms with Crippen molar-refractivity contribution < 1.29 is 0 Å². The van der Waals surface area contributed by atoms with Crippen LogP contribution in [0.15, 0.2) is 18.2 Å². The van der Waals surface area contributed by atoms with Gasteiger partial charge in [-0.25, -0.2) is 0 Å². The number of benzene rings is 1. The van der Waals surface area contributed by atoms with Gasteiger partial charge in [-0.15, -0.1) is 0 Å². The summed E-state index contributed by atoms with van der Waals surface area (Å²) < 4.78 is 0. The quantitative estimate of drug-likeness (QED) is 0.636. The van der Waals surface area contributed by atoms with Crippen LogP contribution in [-0.4, -0.2) is 0 Å². The number of hydrogen-bond acceptors (Lipinski definition) is 0. The van der Waals surface area contributed by atoms with Crippen molar-refractivity contribution in [3.05, 3.63) is 33.8 Å². The standard InChI is InChI=1S/C10H10Cl2/c11-9-5-4-8(6-10(9)12)7-2-1-3-7/h4-7H,1-3H2. The third-order valence-corrected chi connectivity index (χ3v) is 3.26.